The predicted molar refractivity (Wildman–Crippen MR) is 67.4 cm³/mol. The number of anilines is 1. The predicted octanol–water partition coefficient (Wildman–Crippen LogP) is 1.85. The molecule has 0 saturated carbocycles. The van der Waals surface area contributed by atoms with Crippen molar-refractivity contribution in [2.45, 2.75) is 6.92 Å². The molecule has 0 bridgehead atoms. The number of nitrogens with one attached hydrogen (secondary N) is 1. The summed E-state index contributed by atoms with van der Waals surface area (Å²) in [5, 5.41) is 4.43. The van der Waals surface area contributed by atoms with Crippen molar-refractivity contribution in [2.24, 2.45) is 7.05 Å². The summed E-state index contributed by atoms with van der Waals surface area (Å²) < 4.78 is 1.70. The van der Waals surface area contributed by atoms with Crippen LogP contribution in [0.5, 0.6) is 0 Å². The second-order valence-corrected chi connectivity index (χ2v) is 4.12. The summed E-state index contributed by atoms with van der Waals surface area (Å²) in [6.45, 7) is 1.98. The lowest BCUT2D eigenvalue weighted by Gasteiger charge is -1.98. The Bertz CT molecular complexity index is 692. The van der Waals surface area contributed by atoms with Crippen LogP contribution in [0, 0.1) is 6.92 Å². The van der Waals surface area contributed by atoms with Crippen LogP contribution in [0.2, 0.25) is 0 Å². The van der Waals surface area contributed by atoms with Crippen molar-refractivity contribution in [1.82, 2.24) is 19.7 Å². The Morgan fingerprint density at radius 2 is 2.18 bits per heavy atom. The number of hydrogen-bond donors (Lipinski definition) is 2. The molecule has 0 saturated heterocycles. The molecule has 1 aromatic carbocycles. The standard InChI is InChI=1S/C12H13N5/c1-7-11(16-17(2)12(7)13)8-3-4-9-10(5-8)15-6-14-9/h3-6H,13H2,1-2H3,(H,14,15). The van der Waals surface area contributed by atoms with Gasteiger partial charge in [0.2, 0.25) is 0 Å². The molecule has 0 spiro atoms. The number of rotatable bonds is 1. The summed E-state index contributed by atoms with van der Waals surface area (Å²) in [7, 11) is 1.85. The average Bonchev–Trinajstić information content (AvgIpc) is 2.89. The van der Waals surface area contributed by atoms with Crippen LogP contribution in [-0.2, 0) is 7.05 Å². The SMILES string of the molecule is Cc1c(-c2ccc3nc[nH]c3c2)nn(C)c1N. The van der Waals surface area contributed by atoms with E-state index in [-0.39, 0.29) is 0 Å². The number of aromatic amines is 1. The van der Waals surface area contributed by atoms with Gasteiger partial charge < -0.3 is 10.7 Å². The molecule has 3 N–H and O–H groups in total. The lowest BCUT2D eigenvalue weighted by molar-refractivity contribution is 0.782. The van der Waals surface area contributed by atoms with Crippen molar-refractivity contribution < 1.29 is 0 Å². The fourth-order valence-electron chi connectivity index (χ4n) is 2.00. The molecule has 2 heterocycles. The monoisotopic (exact) mass is 227 g/mol. The highest BCUT2D eigenvalue weighted by Gasteiger charge is 2.12. The Hall–Kier alpha value is -2.30. The maximum atomic E-state index is 5.91. The molecular weight excluding hydrogens is 214 g/mol. The van der Waals surface area contributed by atoms with E-state index >= 15 is 0 Å². The summed E-state index contributed by atoms with van der Waals surface area (Å²) in [6.07, 6.45) is 1.69. The van der Waals surface area contributed by atoms with Gasteiger partial charge >= 0.3 is 0 Å². The molecule has 3 aromatic rings. The zero-order valence-corrected chi connectivity index (χ0v) is 9.73. The van der Waals surface area contributed by atoms with E-state index in [9.17, 15) is 0 Å². The summed E-state index contributed by atoms with van der Waals surface area (Å²) in [5.74, 6) is 0.699. The van der Waals surface area contributed by atoms with Crippen LogP contribution in [0.15, 0.2) is 24.5 Å². The molecule has 2 aromatic heterocycles. The van der Waals surface area contributed by atoms with Gasteiger partial charge in [0, 0.05) is 18.2 Å². The number of nitrogen functional groups attached to an aromatic ring is 1. The van der Waals surface area contributed by atoms with Gasteiger partial charge in [-0.05, 0) is 19.1 Å². The van der Waals surface area contributed by atoms with Crippen molar-refractivity contribution >= 4 is 16.9 Å². The molecule has 0 aliphatic rings. The first-order valence-electron chi connectivity index (χ1n) is 5.39. The van der Waals surface area contributed by atoms with Crippen molar-refractivity contribution in [2.75, 3.05) is 5.73 Å². The number of fused-ring (bicyclic) bond motifs is 1. The molecule has 5 heteroatoms. The van der Waals surface area contributed by atoms with E-state index < -0.39 is 0 Å². The third-order valence-electron chi connectivity index (χ3n) is 3.03. The highest BCUT2D eigenvalue weighted by Crippen LogP contribution is 2.27. The molecule has 0 fully saturated rings. The first-order chi connectivity index (χ1) is 8.16. The van der Waals surface area contributed by atoms with Gasteiger partial charge in [-0.1, -0.05) is 6.07 Å². The lowest BCUT2D eigenvalue weighted by atomic mass is 10.1. The second-order valence-electron chi connectivity index (χ2n) is 4.12. The maximum Gasteiger partial charge on any atom is 0.124 e. The summed E-state index contributed by atoms with van der Waals surface area (Å²) in [5.41, 5.74) is 10.8. The van der Waals surface area contributed by atoms with Gasteiger partial charge in [0.15, 0.2) is 0 Å². The fraction of sp³-hybridized carbons (Fsp3) is 0.167. The lowest BCUT2D eigenvalue weighted by Crippen LogP contribution is -1.97. The van der Waals surface area contributed by atoms with Crippen LogP contribution >= 0.6 is 0 Å². The number of aryl methyl sites for hydroxylation is 1. The fourth-order valence-corrected chi connectivity index (χ4v) is 2.00. The second kappa shape index (κ2) is 3.35. The van der Waals surface area contributed by atoms with Crippen molar-refractivity contribution in [3.8, 4) is 11.3 Å². The Labute approximate surface area is 98.3 Å². The van der Waals surface area contributed by atoms with Gasteiger partial charge in [0.25, 0.3) is 0 Å². The van der Waals surface area contributed by atoms with Crippen molar-refractivity contribution in [1.29, 1.82) is 0 Å². The molecule has 3 rings (SSSR count). The van der Waals surface area contributed by atoms with Crippen LogP contribution in [-0.4, -0.2) is 19.7 Å². The van der Waals surface area contributed by atoms with Crippen molar-refractivity contribution in [3.63, 3.8) is 0 Å². The summed E-state index contributed by atoms with van der Waals surface area (Å²) in [6, 6.07) is 6.03. The van der Waals surface area contributed by atoms with Crippen LogP contribution in [0.1, 0.15) is 5.56 Å². The third-order valence-corrected chi connectivity index (χ3v) is 3.03. The van der Waals surface area contributed by atoms with Crippen LogP contribution in [0.3, 0.4) is 0 Å². The maximum absolute atomic E-state index is 5.91. The van der Waals surface area contributed by atoms with Crippen LogP contribution in [0.25, 0.3) is 22.3 Å². The molecule has 0 radical (unpaired) electrons. The molecule has 5 nitrogen and oxygen atoms in total. The molecule has 0 aliphatic heterocycles. The third kappa shape index (κ3) is 1.39. The first-order valence-corrected chi connectivity index (χ1v) is 5.39. The number of nitrogens with zero attached hydrogens (tertiary/aromatic N) is 3. The highest BCUT2D eigenvalue weighted by molar-refractivity contribution is 5.82. The van der Waals surface area contributed by atoms with Gasteiger partial charge in [-0.3, -0.25) is 4.68 Å². The van der Waals surface area contributed by atoms with E-state index in [1.165, 1.54) is 0 Å². The van der Waals surface area contributed by atoms with E-state index in [1.807, 2.05) is 32.2 Å². The highest BCUT2D eigenvalue weighted by atomic mass is 15.3. The van der Waals surface area contributed by atoms with E-state index in [2.05, 4.69) is 15.1 Å². The zero-order chi connectivity index (χ0) is 12.0. The normalized spacial score (nSPS) is 11.2. The van der Waals surface area contributed by atoms with Gasteiger partial charge in [-0.15, -0.1) is 0 Å². The number of aromatic nitrogens is 4. The van der Waals surface area contributed by atoms with Gasteiger partial charge in [-0.25, -0.2) is 4.98 Å². The molecule has 0 atom stereocenters. The van der Waals surface area contributed by atoms with Crippen LogP contribution < -0.4 is 5.73 Å². The number of nitrogens with two attached hydrogens (primary N) is 1. The number of imidazole rings is 1. The molecule has 17 heavy (non-hydrogen) atoms. The largest absolute Gasteiger partial charge is 0.384 e. The van der Waals surface area contributed by atoms with Crippen LogP contribution in [0.4, 0.5) is 5.82 Å². The summed E-state index contributed by atoms with van der Waals surface area (Å²) >= 11 is 0. The summed E-state index contributed by atoms with van der Waals surface area (Å²) in [4.78, 5) is 7.29. The Morgan fingerprint density at radius 1 is 1.35 bits per heavy atom. The Balaban J connectivity index is 2.22. The molecular formula is C12H13N5. The topological polar surface area (TPSA) is 72.5 Å². The minimum absolute atomic E-state index is 0.699. The molecule has 86 valence electrons. The van der Waals surface area contributed by atoms with Gasteiger partial charge in [-0.2, -0.15) is 5.10 Å². The quantitative estimate of drug-likeness (QED) is 0.666. The number of benzene rings is 1. The first kappa shape index (κ1) is 9.89. The minimum atomic E-state index is 0.699. The molecule has 0 unspecified atom stereocenters. The zero-order valence-electron chi connectivity index (χ0n) is 9.73. The van der Waals surface area contributed by atoms with E-state index in [0.717, 1.165) is 27.9 Å². The van der Waals surface area contributed by atoms with Gasteiger partial charge in [0.1, 0.15) is 5.82 Å². The van der Waals surface area contributed by atoms with Gasteiger partial charge in [0.05, 0.1) is 23.1 Å². The van der Waals surface area contributed by atoms with E-state index in [1.54, 1.807) is 11.0 Å². The number of hydrogen-bond acceptors (Lipinski definition) is 3. The van der Waals surface area contributed by atoms with Crippen molar-refractivity contribution in [3.05, 3.63) is 30.1 Å². The molecule has 0 aliphatic carbocycles. The molecule has 0 amide bonds. The average molecular weight is 227 g/mol. The van der Waals surface area contributed by atoms with E-state index in [0.29, 0.717) is 5.82 Å². The Morgan fingerprint density at radius 3 is 2.88 bits per heavy atom. The Kier molecular flexibility index (Phi) is 1.95. The van der Waals surface area contributed by atoms with E-state index in [4.69, 9.17) is 5.73 Å². The number of H-pyrrole nitrogens is 1. The minimum Gasteiger partial charge on any atom is -0.384 e. The smallest absolute Gasteiger partial charge is 0.124 e.